The summed E-state index contributed by atoms with van der Waals surface area (Å²) in [6.45, 7) is 0. The SMILES string of the molecule is COc1cc(-c2nc(N)nc(N)c2C#N)ccc1O. The Balaban J connectivity index is 2.68. The molecule has 2 rings (SSSR count). The number of nitriles is 1. The van der Waals surface area contributed by atoms with Crippen LogP contribution in [0.3, 0.4) is 0 Å². The van der Waals surface area contributed by atoms with Crippen LogP contribution in [0.15, 0.2) is 18.2 Å². The second kappa shape index (κ2) is 4.70. The van der Waals surface area contributed by atoms with Crippen LogP contribution in [0.4, 0.5) is 11.8 Å². The molecule has 0 saturated heterocycles. The van der Waals surface area contributed by atoms with Gasteiger partial charge in [0.05, 0.1) is 12.8 Å². The number of aromatic nitrogens is 2. The summed E-state index contributed by atoms with van der Waals surface area (Å²) in [7, 11) is 1.42. The maximum absolute atomic E-state index is 9.55. The van der Waals surface area contributed by atoms with Gasteiger partial charge in [-0.1, -0.05) is 0 Å². The lowest BCUT2D eigenvalue weighted by Gasteiger charge is -2.09. The molecule has 2 aromatic rings. The lowest BCUT2D eigenvalue weighted by atomic mass is 10.1. The number of hydrogen-bond donors (Lipinski definition) is 3. The van der Waals surface area contributed by atoms with Gasteiger partial charge in [-0.05, 0) is 18.2 Å². The molecule has 0 spiro atoms. The molecule has 0 fully saturated rings. The number of phenols is 1. The topological polar surface area (TPSA) is 131 Å². The van der Waals surface area contributed by atoms with Crippen molar-refractivity contribution in [2.45, 2.75) is 0 Å². The lowest BCUT2D eigenvalue weighted by Crippen LogP contribution is -2.05. The number of nitrogens with two attached hydrogens (primary N) is 2. The highest BCUT2D eigenvalue weighted by Gasteiger charge is 2.14. The summed E-state index contributed by atoms with van der Waals surface area (Å²) in [5, 5.41) is 18.6. The monoisotopic (exact) mass is 257 g/mol. The van der Waals surface area contributed by atoms with E-state index in [1.54, 1.807) is 6.07 Å². The van der Waals surface area contributed by atoms with E-state index >= 15 is 0 Å². The molecule has 0 amide bonds. The van der Waals surface area contributed by atoms with E-state index in [-0.39, 0.29) is 28.8 Å². The molecule has 0 aliphatic rings. The first-order chi connectivity index (χ1) is 9.06. The summed E-state index contributed by atoms with van der Waals surface area (Å²) in [5.41, 5.74) is 12.1. The van der Waals surface area contributed by atoms with Crippen LogP contribution < -0.4 is 16.2 Å². The molecule has 5 N–H and O–H groups in total. The van der Waals surface area contributed by atoms with Crippen LogP contribution in [0.25, 0.3) is 11.3 Å². The van der Waals surface area contributed by atoms with E-state index in [2.05, 4.69) is 9.97 Å². The minimum Gasteiger partial charge on any atom is -0.504 e. The molecule has 19 heavy (non-hydrogen) atoms. The molecule has 0 saturated carbocycles. The highest BCUT2D eigenvalue weighted by Crippen LogP contribution is 2.33. The van der Waals surface area contributed by atoms with Crippen LogP contribution in [-0.2, 0) is 0 Å². The van der Waals surface area contributed by atoms with Crippen LogP contribution in [-0.4, -0.2) is 22.2 Å². The molecule has 7 nitrogen and oxygen atoms in total. The average Bonchev–Trinajstić information content (AvgIpc) is 2.38. The third-order valence-electron chi connectivity index (χ3n) is 2.52. The van der Waals surface area contributed by atoms with Crippen molar-refractivity contribution in [1.29, 1.82) is 5.26 Å². The standard InChI is InChI=1S/C12H11N5O2/c1-19-9-4-6(2-3-8(9)18)10-7(5-13)11(14)17-12(15)16-10/h2-4,18H,1H3,(H4,14,15,16,17). The van der Waals surface area contributed by atoms with E-state index in [1.807, 2.05) is 6.07 Å². The van der Waals surface area contributed by atoms with Crippen LogP contribution in [0.2, 0.25) is 0 Å². The maximum atomic E-state index is 9.55. The van der Waals surface area contributed by atoms with Gasteiger partial charge in [0.2, 0.25) is 5.95 Å². The number of methoxy groups -OCH3 is 1. The Hall–Kier alpha value is -3.01. The first kappa shape index (κ1) is 12.4. The van der Waals surface area contributed by atoms with Crippen LogP contribution >= 0.6 is 0 Å². The van der Waals surface area contributed by atoms with Gasteiger partial charge < -0.3 is 21.3 Å². The van der Waals surface area contributed by atoms with E-state index < -0.39 is 0 Å². The molecule has 0 aliphatic heterocycles. The molecule has 0 atom stereocenters. The molecule has 7 heteroatoms. The third kappa shape index (κ3) is 2.19. The van der Waals surface area contributed by atoms with Gasteiger partial charge in [0.1, 0.15) is 17.5 Å². The van der Waals surface area contributed by atoms with Gasteiger partial charge in [-0.3, -0.25) is 0 Å². The van der Waals surface area contributed by atoms with Crippen molar-refractivity contribution in [1.82, 2.24) is 9.97 Å². The molecular formula is C12H11N5O2. The smallest absolute Gasteiger partial charge is 0.222 e. The Bertz CT molecular complexity index is 679. The fraction of sp³-hybridized carbons (Fsp3) is 0.0833. The Kier molecular flexibility index (Phi) is 3.08. The third-order valence-corrected chi connectivity index (χ3v) is 2.52. The number of hydrogen-bond acceptors (Lipinski definition) is 7. The minimum atomic E-state index is -0.0291. The van der Waals surface area contributed by atoms with E-state index in [0.717, 1.165) is 0 Å². The first-order valence-electron chi connectivity index (χ1n) is 5.27. The normalized spacial score (nSPS) is 9.89. The molecule has 0 bridgehead atoms. The highest BCUT2D eigenvalue weighted by molar-refractivity contribution is 5.74. The molecule has 0 unspecified atom stereocenters. The van der Waals surface area contributed by atoms with E-state index in [9.17, 15) is 5.11 Å². The molecule has 0 aliphatic carbocycles. The van der Waals surface area contributed by atoms with Crippen LogP contribution in [0, 0.1) is 11.3 Å². The van der Waals surface area contributed by atoms with Crippen molar-refractivity contribution in [2.24, 2.45) is 0 Å². The van der Waals surface area contributed by atoms with Gasteiger partial charge in [-0.2, -0.15) is 10.2 Å². The second-order valence-electron chi connectivity index (χ2n) is 3.69. The second-order valence-corrected chi connectivity index (χ2v) is 3.69. The molecule has 1 heterocycles. The zero-order valence-corrected chi connectivity index (χ0v) is 10.1. The summed E-state index contributed by atoms with van der Waals surface area (Å²) in [5.74, 6) is 0.229. The van der Waals surface area contributed by atoms with Crippen molar-refractivity contribution in [3.63, 3.8) is 0 Å². The maximum Gasteiger partial charge on any atom is 0.222 e. The summed E-state index contributed by atoms with van der Waals surface area (Å²) in [4.78, 5) is 7.74. The first-order valence-corrected chi connectivity index (χ1v) is 5.27. The van der Waals surface area contributed by atoms with Crippen molar-refractivity contribution in [3.05, 3.63) is 23.8 Å². The number of anilines is 2. The molecule has 96 valence electrons. The van der Waals surface area contributed by atoms with Crippen molar-refractivity contribution >= 4 is 11.8 Å². The van der Waals surface area contributed by atoms with Gasteiger partial charge in [0.15, 0.2) is 11.5 Å². The zero-order valence-electron chi connectivity index (χ0n) is 10.1. The van der Waals surface area contributed by atoms with Gasteiger partial charge in [-0.15, -0.1) is 0 Å². The highest BCUT2D eigenvalue weighted by atomic mass is 16.5. The summed E-state index contributed by atoms with van der Waals surface area (Å²) < 4.78 is 5.00. The predicted molar refractivity (Wildman–Crippen MR) is 69.2 cm³/mol. The average molecular weight is 257 g/mol. The quantitative estimate of drug-likeness (QED) is 0.728. The van der Waals surface area contributed by atoms with Crippen LogP contribution in [0.5, 0.6) is 11.5 Å². The van der Waals surface area contributed by atoms with Gasteiger partial charge in [-0.25, -0.2) is 4.98 Å². The van der Waals surface area contributed by atoms with Gasteiger partial charge >= 0.3 is 0 Å². The van der Waals surface area contributed by atoms with Crippen molar-refractivity contribution < 1.29 is 9.84 Å². The molecule has 0 radical (unpaired) electrons. The number of rotatable bonds is 2. The number of nitrogen functional groups attached to an aromatic ring is 2. The van der Waals surface area contributed by atoms with E-state index in [0.29, 0.717) is 11.3 Å². The van der Waals surface area contributed by atoms with Crippen molar-refractivity contribution in [2.75, 3.05) is 18.6 Å². The predicted octanol–water partition coefficient (Wildman–Crippen LogP) is 0.894. The van der Waals surface area contributed by atoms with Crippen LogP contribution in [0.1, 0.15) is 5.56 Å². The summed E-state index contributed by atoms with van der Waals surface area (Å²) >= 11 is 0. The summed E-state index contributed by atoms with van der Waals surface area (Å²) in [6, 6.07) is 6.49. The molecular weight excluding hydrogens is 246 g/mol. The zero-order chi connectivity index (χ0) is 14.0. The molecule has 1 aromatic carbocycles. The Morgan fingerprint density at radius 2 is 2.05 bits per heavy atom. The minimum absolute atomic E-state index is 0.0111. The number of phenolic OH excluding ortho intramolecular Hbond substituents is 1. The number of aromatic hydroxyl groups is 1. The largest absolute Gasteiger partial charge is 0.504 e. The number of ether oxygens (including phenoxy) is 1. The molecule has 1 aromatic heterocycles. The number of nitrogens with zero attached hydrogens (tertiary/aromatic N) is 3. The Morgan fingerprint density at radius 3 is 2.68 bits per heavy atom. The lowest BCUT2D eigenvalue weighted by molar-refractivity contribution is 0.373. The summed E-state index contributed by atoms with van der Waals surface area (Å²) in [6.07, 6.45) is 0. The van der Waals surface area contributed by atoms with E-state index in [4.69, 9.17) is 21.5 Å². The van der Waals surface area contributed by atoms with Gasteiger partial charge in [0, 0.05) is 5.56 Å². The van der Waals surface area contributed by atoms with E-state index in [1.165, 1.54) is 19.2 Å². The fourth-order valence-corrected chi connectivity index (χ4v) is 1.64. The van der Waals surface area contributed by atoms with Crippen molar-refractivity contribution in [3.8, 4) is 28.8 Å². The Morgan fingerprint density at radius 1 is 1.32 bits per heavy atom. The van der Waals surface area contributed by atoms with Gasteiger partial charge in [0.25, 0.3) is 0 Å². The number of benzene rings is 1. The fourth-order valence-electron chi connectivity index (χ4n) is 1.64. The Labute approximate surface area is 109 Å².